The Morgan fingerprint density at radius 3 is 2.93 bits per heavy atom. The van der Waals surface area contributed by atoms with E-state index in [4.69, 9.17) is 10.00 Å². The normalized spacial score (nSPS) is 9.67. The fraction of sp³-hybridized carbons (Fsp3) is 0.364. The predicted molar refractivity (Wildman–Crippen MR) is 55.1 cm³/mol. The Labute approximate surface area is 88.5 Å². The molecular weight excluding hydrogens is 195 g/mol. The van der Waals surface area contributed by atoms with Crippen LogP contribution >= 0.6 is 0 Å². The van der Waals surface area contributed by atoms with Gasteiger partial charge in [0.05, 0.1) is 19.7 Å². The van der Waals surface area contributed by atoms with E-state index < -0.39 is 0 Å². The van der Waals surface area contributed by atoms with Crippen molar-refractivity contribution in [2.24, 2.45) is 0 Å². The minimum absolute atomic E-state index is 0.253. The number of nitriles is 1. The van der Waals surface area contributed by atoms with Gasteiger partial charge in [-0.1, -0.05) is 6.07 Å². The second kappa shape index (κ2) is 5.99. The lowest BCUT2D eigenvalue weighted by Crippen LogP contribution is -2.17. The van der Waals surface area contributed by atoms with Gasteiger partial charge in [-0.15, -0.1) is 0 Å². The van der Waals surface area contributed by atoms with Gasteiger partial charge in [0.25, 0.3) is 0 Å². The average molecular weight is 208 g/mol. The van der Waals surface area contributed by atoms with Gasteiger partial charge >= 0.3 is 0 Å². The number of hydrogen-bond donors (Lipinski definition) is 1. The fourth-order valence-corrected chi connectivity index (χ4v) is 1.24. The van der Waals surface area contributed by atoms with Crippen LogP contribution in [0.25, 0.3) is 0 Å². The third-order valence-corrected chi connectivity index (χ3v) is 2.01. The first-order valence-corrected chi connectivity index (χ1v) is 4.68. The Bertz CT molecular complexity index is 360. The van der Waals surface area contributed by atoms with Gasteiger partial charge in [-0.3, -0.25) is 0 Å². The smallest absolute Gasteiger partial charge is 0.165 e. The van der Waals surface area contributed by atoms with Gasteiger partial charge < -0.3 is 10.1 Å². The molecule has 0 atom stereocenters. The maximum absolute atomic E-state index is 13.2. The summed E-state index contributed by atoms with van der Waals surface area (Å²) >= 11 is 0. The summed E-state index contributed by atoms with van der Waals surface area (Å²) in [6.07, 6.45) is 0.697. The molecule has 0 fully saturated rings. The van der Waals surface area contributed by atoms with Crippen LogP contribution in [0.3, 0.4) is 0 Å². The van der Waals surface area contributed by atoms with Crippen molar-refractivity contribution >= 4 is 0 Å². The zero-order valence-corrected chi connectivity index (χ0v) is 8.59. The monoisotopic (exact) mass is 208 g/mol. The van der Waals surface area contributed by atoms with E-state index in [9.17, 15) is 4.39 Å². The number of nitrogens with zero attached hydrogens (tertiary/aromatic N) is 1. The lowest BCUT2D eigenvalue weighted by Gasteiger charge is -2.05. The van der Waals surface area contributed by atoms with Gasteiger partial charge in [-0.2, -0.15) is 5.26 Å². The first kappa shape index (κ1) is 11.5. The minimum atomic E-state index is -0.352. The molecular formula is C11H13FN2O. The van der Waals surface area contributed by atoms with Crippen molar-refractivity contribution in [2.75, 3.05) is 20.2 Å². The molecule has 3 nitrogen and oxygen atoms in total. The number of methoxy groups -OCH3 is 1. The summed E-state index contributed by atoms with van der Waals surface area (Å²) in [5.74, 6) is -0.0981. The third-order valence-electron chi connectivity index (χ3n) is 2.01. The van der Waals surface area contributed by atoms with Crippen molar-refractivity contribution in [2.45, 2.75) is 6.42 Å². The molecule has 0 amide bonds. The first-order valence-electron chi connectivity index (χ1n) is 4.68. The van der Waals surface area contributed by atoms with Gasteiger partial charge in [0.15, 0.2) is 11.6 Å². The molecule has 0 aromatic heterocycles. The Morgan fingerprint density at radius 2 is 2.33 bits per heavy atom. The van der Waals surface area contributed by atoms with Crippen LogP contribution in [-0.4, -0.2) is 20.2 Å². The van der Waals surface area contributed by atoms with E-state index in [1.165, 1.54) is 13.2 Å². The number of rotatable bonds is 5. The van der Waals surface area contributed by atoms with E-state index in [2.05, 4.69) is 5.32 Å². The van der Waals surface area contributed by atoms with E-state index in [1.807, 2.05) is 12.1 Å². The summed E-state index contributed by atoms with van der Waals surface area (Å²) in [6.45, 7) is 0.984. The Hall–Kier alpha value is -1.60. The third kappa shape index (κ3) is 3.56. The number of halogens is 1. The van der Waals surface area contributed by atoms with Crippen LogP contribution in [-0.2, 0) is 6.42 Å². The van der Waals surface area contributed by atoms with Crippen LogP contribution in [0, 0.1) is 17.1 Å². The minimum Gasteiger partial charge on any atom is -0.494 e. The summed E-state index contributed by atoms with van der Waals surface area (Å²) in [6, 6.07) is 6.85. The zero-order chi connectivity index (χ0) is 11.1. The van der Waals surface area contributed by atoms with Crippen molar-refractivity contribution in [1.82, 2.24) is 5.32 Å². The molecule has 0 saturated carbocycles. The highest BCUT2D eigenvalue weighted by molar-refractivity contribution is 5.29. The van der Waals surface area contributed by atoms with Crippen LogP contribution in [0.4, 0.5) is 4.39 Å². The van der Waals surface area contributed by atoms with Gasteiger partial charge in [-0.05, 0) is 24.1 Å². The van der Waals surface area contributed by atoms with E-state index in [0.717, 1.165) is 5.56 Å². The van der Waals surface area contributed by atoms with Crippen molar-refractivity contribution < 1.29 is 9.13 Å². The van der Waals surface area contributed by atoms with E-state index in [0.29, 0.717) is 19.5 Å². The van der Waals surface area contributed by atoms with Gasteiger partial charge in [0.1, 0.15) is 0 Å². The maximum atomic E-state index is 13.2. The van der Waals surface area contributed by atoms with E-state index in [-0.39, 0.29) is 11.6 Å². The molecule has 0 saturated heterocycles. The molecule has 15 heavy (non-hydrogen) atoms. The standard InChI is InChI=1S/C11H13FN2O/c1-15-11-3-2-9(8-10(11)12)4-6-14-7-5-13/h2-3,8,14H,4,6-7H2,1H3. The highest BCUT2D eigenvalue weighted by Crippen LogP contribution is 2.17. The summed E-state index contributed by atoms with van der Waals surface area (Å²) in [7, 11) is 1.44. The average Bonchev–Trinajstić information content (AvgIpc) is 2.25. The fourth-order valence-electron chi connectivity index (χ4n) is 1.24. The largest absolute Gasteiger partial charge is 0.494 e. The van der Waals surface area contributed by atoms with Crippen LogP contribution < -0.4 is 10.1 Å². The molecule has 0 aliphatic heterocycles. The predicted octanol–water partition coefficient (Wildman–Crippen LogP) is 1.49. The van der Waals surface area contributed by atoms with Crippen molar-refractivity contribution in [3.8, 4) is 11.8 Å². The molecule has 80 valence electrons. The summed E-state index contributed by atoms with van der Waals surface area (Å²) in [5.41, 5.74) is 0.888. The molecule has 0 radical (unpaired) electrons. The summed E-state index contributed by atoms with van der Waals surface area (Å²) in [5, 5.41) is 11.2. The van der Waals surface area contributed by atoms with E-state index in [1.54, 1.807) is 6.07 Å². The van der Waals surface area contributed by atoms with Crippen molar-refractivity contribution in [3.63, 3.8) is 0 Å². The SMILES string of the molecule is COc1ccc(CCNCC#N)cc1F. The number of benzene rings is 1. The molecule has 0 spiro atoms. The topological polar surface area (TPSA) is 45.0 Å². The molecule has 1 N–H and O–H groups in total. The first-order chi connectivity index (χ1) is 7.27. The summed E-state index contributed by atoms with van der Waals surface area (Å²) < 4.78 is 18.0. The van der Waals surface area contributed by atoms with Crippen LogP contribution in [0.5, 0.6) is 5.75 Å². The molecule has 4 heteroatoms. The van der Waals surface area contributed by atoms with Crippen LogP contribution in [0.2, 0.25) is 0 Å². The lowest BCUT2D eigenvalue weighted by molar-refractivity contribution is 0.386. The van der Waals surface area contributed by atoms with Crippen molar-refractivity contribution in [1.29, 1.82) is 5.26 Å². The van der Waals surface area contributed by atoms with Crippen molar-refractivity contribution in [3.05, 3.63) is 29.6 Å². The Morgan fingerprint density at radius 1 is 1.53 bits per heavy atom. The summed E-state index contributed by atoms with van der Waals surface area (Å²) in [4.78, 5) is 0. The maximum Gasteiger partial charge on any atom is 0.165 e. The second-order valence-electron chi connectivity index (χ2n) is 3.05. The molecule has 0 aliphatic carbocycles. The zero-order valence-electron chi connectivity index (χ0n) is 8.59. The number of ether oxygens (including phenoxy) is 1. The molecule has 0 bridgehead atoms. The van der Waals surface area contributed by atoms with Crippen LogP contribution in [0.15, 0.2) is 18.2 Å². The number of nitrogens with one attached hydrogen (secondary N) is 1. The van der Waals surface area contributed by atoms with Crippen LogP contribution in [0.1, 0.15) is 5.56 Å². The molecule has 0 heterocycles. The second-order valence-corrected chi connectivity index (χ2v) is 3.05. The molecule has 1 aromatic carbocycles. The highest BCUT2D eigenvalue weighted by atomic mass is 19.1. The lowest BCUT2D eigenvalue weighted by atomic mass is 10.1. The molecule has 1 aromatic rings. The Kier molecular flexibility index (Phi) is 4.58. The molecule has 0 aliphatic rings. The van der Waals surface area contributed by atoms with Gasteiger partial charge in [0.2, 0.25) is 0 Å². The van der Waals surface area contributed by atoms with Gasteiger partial charge in [-0.25, -0.2) is 4.39 Å². The van der Waals surface area contributed by atoms with E-state index >= 15 is 0 Å². The Balaban J connectivity index is 2.49. The molecule has 0 unspecified atom stereocenters. The molecule has 1 rings (SSSR count). The van der Waals surface area contributed by atoms with Gasteiger partial charge in [0, 0.05) is 6.54 Å². The number of hydrogen-bond acceptors (Lipinski definition) is 3. The quantitative estimate of drug-likeness (QED) is 0.589. The highest BCUT2D eigenvalue weighted by Gasteiger charge is 2.02.